The van der Waals surface area contributed by atoms with Gasteiger partial charge in [-0.2, -0.15) is 0 Å². The second-order valence-electron chi connectivity index (χ2n) is 6.10. The first-order valence-corrected chi connectivity index (χ1v) is 8.85. The molecule has 1 fully saturated rings. The third-order valence-electron chi connectivity index (χ3n) is 4.41. The topological polar surface area (TPSA) is 6.48 Å². The van der Waals surface area contributed by atoms with Crippen LogP contribution < -0.4 is 0 Å². The molecule has 0 N–H and O–H groups in total. The monoisotopic (exact) mass is 308 g/mol. The summed E-state index contributed by atoms with van der Waals surface area (Å²) in [6, 6.07) is 8.25. The minimum Gasteiger partial charge on any atom is -0.303 e. The Kier molecular flexibility index (Phi) is 7.56. The van der Waals surface area contributed by atoms with Crippen molar-refractivity contribution in [1.82, 2.24) is 9.80 Å². The molecule has 1 aromatic rings. The van der Waals surface area contributed by atoms with Crippen molar-refractivity contribution in [1.29, 1.82) is 0 Å². The van der Waals surface area contributed by atoms with E-state index in [2.05, 4.69) is 28.9 Å². The molecule has 1 heterocycles. The van der Waals surface area contributed by atoms with E-state index < -0.39 is 0 Å². The highest BCUT2D eigenvalue weighted by Crippen LogP contribution is 2.13. The van der Waals surface area contributed by atoms with Crippen molar-refractivity contribution in [3.05, 3.63) is 34.9 Å². The number of nitrogens with zero attached hydrogens (tertiary/aromatic N) is 2. The maximum atomic E-state index is 5.94. The van der Waals surface area contributed by atoms with E-state index in [9.17, 15) is 0 Å². The van der Waals surface area contributed by atoms with Crippen LogP contribution in [0.3, 0.4) is 0 Å². The van der Waals surface area contributed by atoms with Crippen LogP contribution in [0.1, 0.15) is 44.6 Å². The fourth-order valence-corrected chi connectivity index (χ4v) is 3.18. The van der Waals surface area contributed by atoms with Gasteiger partial charge in [0.1, 0.15) is 0 Å². The van der Waals surface area contributed by atoms with Gasteiger partial charge in [0.25, 0.3) is 0 Å². The van der Waals surface area contributed by atoms with Crippen LogP contribution in [-0.2, 0) is 6.54 Å². The van der Waals surface area contributed by atoms with Crippen LogP contribution in [0.5, 0.6) is 0 Å². The summed E-state index contributed by atoms with van der Waals surface area (Å²) in [6.45, 7) is 9.54. The Hall–Kier alpha value is -0.570. The zero-order valence-electron chi connectivity index (χ0n) is 13.4. The predicted molar refractivity (Wildman–Crippen MR) is 91.9 cm³/mol. The lowest BCUT2D eigenvalue weighted by Crippen LogP contribution is -2.31. The smallest absolute Gasteiger partial charge is 0.0406 e. The van der Waals surface area contributed by atoms with Crippen molar-refractivity contribution in [2.45, 2.75) is 45.6 Å². The molecule has 0 unspecified atom stereocenters. The largest absolute Gasteiger partial charge is 0.303 e. The van der Waals surface area contributed by atoms with Crippen LogP contribution >= 0.6 is 11.6 Å². The van der Waals surface area contributed by atoms with Crippen LogP contribution in [-0.4, -0.2) is 42.5 Å². The summed E-state index contributed by atoms with van der Waals surface area (Å²) in [6.07, 6.45) is 6.87. The molecule has 118 valence electrons. The summed E-state index contributed by atoms with van der Waals surface area (Å²) in [5, 5.41) is 0.823. The summed E-state index contributed by atoms with van der Waals surface area (Å²) in [5.74, 6) is 0. The molecule has 0 spiro atoms. The lowest BCUT2D eigenvalue weighted by Gasteiger charge is -2.27. The Morgan fingerprint density at radius 2 is 1.76 bits per heavy atom. The molecule has 2 nitrogen and oxygen atoms in total. The van der Waals surface area contributed by atoms with Gasteiger partial charge >= 0.3 is 0 Å². The van der Waals surface area contributed by atoms with E-state index in [-0.39, 0.29) is 0 Å². The predicted octanol–water partition coefficient (Wildman–Crippen LogP) is 4.43. The highest BCUT2D eigenvalue weighted by Gasteiger charge is 2.09. The molecule has 0 aliphatic carbocycles. The van der Waals surface area contributed by atoms with E-state index in [1.807, 2.05) is 12.1 Å². The third kappa shape index (κ3) is 6.37. The van der Waals surface area contributed by atoms with Crippen molar-refractivity contribution in [3.8, 4) is 0 Å². The van der Waals surface area contributed by atoms with Crippen LogP contribution in [0.2, 0.25) is 5.02 Å². The minimum atomic E-state index is 0.823. The molecule has 1 aliphatic heterocycles. The van der Waals surface area contributed by atoms with Gasteiger partial charge in [-0.15, -0.1) is 0 Å². The Bertz CT molecular complexity index is 385. The molecular formula is C18H29ClN2. The van der Waals surface area contributed by atoms with E-state index in [1.165, 1.54) is 63.8 Å². The van der Waals surface area contributed by atoms with Crippen LogP contribution in [0, 0.1) is 0 Å². The number of piperidine rings is 1. The van der Waals surface area contributed by atoms with Crippen LogP contribution in [0.25, 0.3) is 0 Å². The highest BCUT2D eigenvalue weighted by molar-refractivity contribution is 6.30. The number of benzene rings is 1. The fourth-order valence-electron chi connectivity index (χ4n) is 3.05. The van der Waals surface area contributed by atoms with Crippen molar-refractivity contribution >= 4 is 11.6 Å². The van der Waals surface area contributed by atoms with Gasteiger partial charge in [0.15, 0.2) is 0 Å². The average Bonchev–Trinajstić information content (AvgIpc) is 2.53. The maximum absolute atomic E-state index is 5.94. The van der Waals surface area contributed by atoms with Gasteiger partial charge in [0, 0.05) is 11.6 Å². The summed E-state index contributed by atoms with van der Waals surface area (Å²) < 4.78 is 0. The summed E-state index contributed by atoms with van der Waals surface area (Å²) >= 11 is 5.94. The zero-order valence-corrected chi connectivity index (χ0v) is 14.1. The molecule has 1 aliphatic rings. The Morgan fingerprint density at radius 3 is 2.43 bits per heavy atom. The second kappa shape index (κ2) is 9.45. The molecule has 3 heteroatoms. The van der Waals surface area contributed by atoms with Crippen molar-refractivity contribution in [2.24, 2.45) is 0 Å². The molecular weight excluding hydrogens is 280 g/mol. The first-order valence-electron chi connectivity index (χ1n) is 8.47. The van der Waals surface area contributed by atoms with Crippen molar-refractivity contribution in [2.75, 3.05) is 32.7 Å². The van der Waals surface area contributed by atoms with Crippen molar-refractivity contribution in [3.63, 3.8) is 0 Å². The van der Waals surface area contributed by atoms with E-state index in [0.29, 0.717) is 0 Å². The molecule has 0 radical (unpaired) electrons. The van der Waals surface area contributed by atoms with E-state index in [0.717, 1.165) is 18.1 Å². The van der Waals surface area contributed by atoms with Gasteiger partial charge in [-0.25, -0.2) is 0 Å². The van der Waals surface area contributed by atoms with Gasteiger partial charge in [-0.3, -0.25) is 4.90 Å². The summed E-state index contributed by atoms with van der Waals surface area (Å²) in [4.78, 5) is 5.17. The van der Waals surface area contributed by atoms with E-state index in [1.54, 1.807) is 0 Å². The summed E-state index contributed by atoms with van der Waals surface area (Å²) in [5.41, 5.74) is 1.36. The van der Waals surface area contributed by atoms with Crippen LogP contribution in [0.15, 0.2) is 24.3 Å². The van der Waals surface area contributed by atoms with Gasteiger partial charge in [0.2, 0.25) is 0 Å². The Morgan fingerprint density at radius 1 is 1.05 bits per heavy atom. The first kappa shape index (κ1) is 16.8. The average molecular weight is 309 g/mol. The van der Waals surface area contributed by atoms with Gasteiger partial charge < -0.3 is 4.90 Å². The highest BCUT2D eigenvalue weighted by atomic mass is 35.5. The number of likely N-dealkylation sites (tertiary alicyclic amines) is 1. The standard InChI is InChI=1S/C18H29ClN2/c1-2-20(16-17-8-10-18(19)11-9-17)12-6-7-15-21-13-4-3-5-14-21/h8-11H,2-7,12-16H2,1H3. The molecule has 0 aromatic heterocycles. The Labute approximate surface area is 135 Å². The molecule has 0 saturated carbocycles. The van der Waals surface area contributed by atoms with Gasteiger partial charge in [0.05, 0.1) is 0 Å². The Balaban J connectivity index is 1.63. The number of rotatable bonds is 8. The SMILES string of the molecule is CCN(CCCCN1CCCCC1)Cc1ccc(Cl)cc1. The molecule has 1 aromatic carbocycles. The first-order chi connectivity index (χ1) is 10.3. The van der Waals surface area contributed by atoms with Crippen molar-refractivity contribution < 1.29 is 0 Å². The lowest BCUT2D eigenvalue weighted by molar-refractivity contribution is 0.214. The molecule has 0 atom stereocenters. The lowest BCUT2D eigenvalue weighted by atomic mass is 10.1. The minimum absolute atomic E-state index is 0.823. The number of hydrogen-bond donors (Lipinski definition) is 0. The number of unbranched alkanes of at least 4 members (excludes halogenated alkanes) is 1. The third-order valence-corrected chi connectivity index (χ3v) is 4.67. The molecule has 2 rings (SSSR count). The van der Waals surface area contributed by atoms with Gasteiger partial charge in [-0.1, -0.05) is 37.1 Å². The second-order valence-corrected chi connectivity index (χ2v) is 6.54. The number of hydrogen-bond acceptors (Lipinski definition) is 2. The zero-order chi connectivity index (χ0) is 14.9. The quantitative estimate of drug-likeness (QED) is 0.656. The molecule has 1 saturated heterocycles. The number of halogens is 1. The van der Waals surface area contributed by atoms with Gasteiger partial charge in [-0.05, 0) is 76.1 Å². The fraction of sp³-hybridized carbons (Fsp3) is 0.667. The molecule has 0 amide bonds. The molecule has 21 heavy (non-hydrogen) atoms. The van der Waals surface area contributed by atoms with E-state index >= 15 is 0 Å². The normalized spacial score (nSPS) is 16.5. The summed E-state index contributed by atoms with van der Waals surface area (Å²) in [7, 11) is 0. The van der Waals surface area contributed by atoms with E-state index in [4.69, 9.17) is 11.6 Å². The van der Waals surface area contributed by atoms with Crippen LogP contribution in [0.4, 0.5) is 0 Å². The maximum Gasteiger partial charge on any atom is 0.0406 e. The molecule has 0 bridgehead atoms.